The molecular formula is C31H35N5O2. The minimum Gasteiger partial charge on any atom is -0.444 e. The number of carbonyl (C=O) groups excluding carboxylic acids is 1. The van der Waals surface area contributed by atoms with E-state index < -0.39 is 5.60 Å². The van der Waals surface area contributed by atoms with Crippen molar-refractivity contribution >= 4 is 22.8 Å². The number of aromatic amines is 1. The van der Waals surface area contributed by atoms with Crippen LogP contribution in [0.1, 0.15) is 61.9 Å². The van der Waals surface area contributed by atoms with Crippen molar-refractivity contribution in [2.75, 3.05) is 18.0 Å². The van der Waals surface area contributed by atoms with Crippen LogP contribution in [-0.4, -0.2) is 44.6 Å². The number of carbonyl (C=O) groups is 1. The van der Waals surface area contributed by atoms with E-state index in [0.717, 1.165) is 54.5 Å². The van der Waals surface area contributed by atoms with Gasteiger partial charge in [0.2, 0.25) is 0 Å². The molecule has 1 N–H and O–H groups in total. The third-order valence-corrected chi connectivity index (χ3v) is 7.72. The van der Waals surface area contributed by atoms with E-state index >= 15 is 0 Å². The highest BCUT2D eigenvalue weighted by molar-refractivity contribution is 5.84. The summed E-state index contributed by atoms with van der Waals surface area (Å²) in [6.45, 7) is 10.3. The SMILES string of the molecule is Cc1c[nH]c2ncc(-c3cc4c(c([C@@H]5CCCN5C(=O)OC(C)(C)C)c3)CN(c3ccncc3)CC4)cc12. The molecule has 2 aliphatic rings. The molecule has 7 nitrogen and oxygen atoms in total. The third-order valence-electron chi connectivity index (χ3n) is 7.72. The van der Waals surface area contributed by atoms with E-state index in [-0.39, 0.29) is 12.1 Å². The molecule has 1 amide bonds. The topological polar surface area (TPSA) is 74.3 Å². The quantitative estimate of drug-likeness (QED) is 0.338. The van der Waals surface area contributed by atoms with Crippen LogP contribution in [0.2, 0.25) is 0 Å². The van der Waals surface area contributed by atoms with E-state index in [2.05, 4.69) is 52.1 Å². The van der Waals surface area contributed by atoms with Gasteiger partial charge in [-0.05, 0) is 99.0 Å². The summed E-state index contributed by atoms with van der Waals surface area (Å²) < 4.78 is 5.83. The summed E-state index contributed by atoms with van der Waals surface area (Å²) in [4.78, 5) is 29.8. The zero-order chi connectivity index (χ0) is 26.4. The Morgan fingerprint density at radius 2 is 1.92 bits per heavy atom. The lowest BCUT2D eigenvalue weighted by atomic mass is 9.86. The average molecular weight is 510 g/mol. The summed E-state index contributed by atoms with van der Waals surface area (Å²) in [5.41, 5.74) is 8.90. The van der Waals surface area contributed by atoms with Gasteiger partial charge < -0.3 is 19.5 Å². The number of nitrogens with one attached hydrogen (secondary N) is 1. The standard InChI is InChI=1S/C31H35N5O2/c1-20-17-33-29-25(20)16-23(18-34-29)22-14-21-9-13-35(24-7-10-32-11-8-24)19-27(21)26(15-22)28-6-5-12-36(28)30(37)38-31(2,3)4/h7-8,10-11,14-18,28H,5-6,9,12-13,19H2,1-4H3,(H,33,34)/t28-/m0/s1. The van der Waals surface area contributed by atoms with Crippen molar-refractivity contribution < 1.29 is 9.53 Å². The molecule has 0 spiro atoms. The highest BCUT2D eigenvalue weighted by Gasteiger charge is 2.36. The van der Waals surface area contributed by atoms with Gasteiger partial charge in [0.25, 0.3) is 0 Å². The number of aryl methyl sites for hydroxylation is 1. The lowest BCUT2D eigenvalue weighted by Gasteiger charge is -2.35. The molecule has 196 valence electrons. The fourth-order valence-corrected chi connectivity index (χ4v) is 5.86. The first-order valence-electron chi connectivity index (χ1n) is 13.5. The number of anilines is 1. The minimum atomic E-state index is -0.529. The Morgan fingerprint density at radius 1 is 1.11 bits per heavy atom. The van der Waals surface area contributed by atoms with E-state index in [4.69, 9.17) is 9.72 Å². The maximum absolute atomic E-state index is 13.3. The number of likely N-dealkylation sites (tertiary alicyclic amines) is 1. The maximum atomic E-state index is 13.3. The van der Waals surface area contributed by atoms with Gasteiger partial charge in [0.15, 0.2) is 0 Å². The largest absolute Gasteiger partial charge is 0.444 e. The van der Waals surface area contributed by atoms with E-state index in [9.17, 15) is 4.79 Å². The van der Waals surface area contributed by atoms with Crippen molar-refractivity contribution in [1.29, 1.82) is 0 Å². The molecule has 4 aromatic rings. The second-order valence-electron chi connectivity index (χ2n) is 11.5. The number of H-pyrrole nitrogens is 1. The first-order valence-corrected chi connectivity index (χ1v) is 13.5. The fraction of sp³-hybridized carbons (Fsp3) is 0.387. The van der Waals surface area contributed by atoms with Gasteiger partial charge in [0.1, 0.15) is 11.2 Å². The summed E-state index contributed by atoms with van der Waals surface area (Å²) in [7, 11) is 0. The van der Waals surface area contributed by atoms with E-state index in [1.807, 2.05) is 50.5 Å². The van der Waals surface area contributed by atoms with Crippen molar-refractivity contribution in [2.45, 2.75) is 65.1 Å². The van der Waals surface area contributed by atoms with Crippen LogP contribution in [-0.2, 0) is 17.7 Å². The molecule has 38 heavy (non-hydrogen) atoms. The summed E-state index contributed by atoms with van der Waals surface area (Å²) >= 11 is 0. The Labute approximate surface area is 223 Å². The second-order valence-corrected chi connectivity index (χ2v) is 11.5. The van der Waals surface area contributed by atoms with Crippen molar-refractivity contribution in [2.24, 2.45) is 0 Å². The van der Waals surface area contributed by atoms with Gasteiger partial charge in [-0.2, -0.15) is 0 Å². The van der Waals surface area contributed by atoms with Gasteiger partial charge in [-0.15, -0.1) is 0 Å². The molecule has 0 radical (unpaired) electrons. The van der Waals surface area contributed by atoms with Crippen LogP contribution in [0.15, 0.2) is 55.1 Å². The predicted octanol–water partition coefficient (Wildman–Crippen LogP) is 6.57. The molecule has 0 saturated carbocycles. The van der Waals surface area contributed by atoms with Crippen LogP contribution >= 0.6 is 0 Å². The molecule has 1 aromatic carbocycles. The monoisotopic (exact) mass is 509 g/mol. The van der Waals surface area contributed by atoms with Gasteiger partial charge in [0, 0.05) is 61.1 Å². The molecule has 7 heteroatoms. The number of aromatic nitrogens is 3. The summed E-state index contributed by atoms with van der Waals surface area (Å²) in [6.07, 6.45) is 10.3. The highest BCUT2D eigenvalue weighted by Crippen LogP contribution is 2.41. The molecule has 6 rings (SSSR count). The van der Waals surface area contributed by atoms with Crippen LogP contribution < -0.4 is 4.90 Å². The molecule has 5 heterocycles. The van der Waals surface area contributed by atoms with Crippen molar-refractivity contribution in [3.8, 4) is 11.1 Å². The van der Waals surface area contributed by atoms with E-state index in [0.29, 0.717) is 6.54 Å². The normalized spacial score (nSPS) is 17.6. The molecule has 0 aliphatic carbocycles. The molecule has 0 bridgehead atoms. The molecule has 1 saturated heterocycles. The Hall–Kier alpha value is -3.87. The first-order chi connectivity index (χ1) is 18.3. The van der Waals surface area contributed by atoms with Crippen molar-refractivity contribution in [3.05, 3.63) is 77.4 Å². The van der Waals surface area contributed by atoms with E-state index in [1.54, 1.807) is 0 Å². The number of amides is 1. The number of hydrogen-bond acceptors (Lipinski definition) is 5. The zero-order valence-corrected chi connectivity index (χ0v) is 22.6. The van der Waals surface area contributed by atoms with Crippen molar-refractivity contribution in [3.63, 3.8) is 0 Å². The van der Waals surface area contributed by atoms with Crippen LogP contribution in [0.5, 0.6) is 0 Å². The number of benzene rings is 1. The summed E-state index contributed by atoms with van der Waals surface area (Å²) in [5, 5.41) is 1.14. The molecular weight excluding hydrogens is 474 g/mol. The summed E-state index contributed by atoms with van der Waals surface area (Å²) in [6, 6.07) is 11.0. The maximum Gasteiger partial charge on any atom is 0.410 e. The van der Waals surface area contributed by atoms with Crippen LogP contribution in [0.25, 0.3) is 22.2 Å². The molecule has 1 fully saturated rings. The lowest BCUT2D eigenvalue weighted by Crippen LogP contribution is -2.37. The molecule has 0 unspecified atom stereocenters. The number of rotatable bonds is 3. The number of pyridine rings is 2. The highest BCUT2D eigenvalue weighted by atomic mass is 16.6. The van der Waals surface area contributed by atoms with Crippen LogP contribution in [0.3, 0.4) is 0 Å². The number of hydrogen-bond donors (Lipinski definition) is 1. The first kappa shape index (κ1) is 24.5. The minimum absolute atomic E-state index is 0.0124. The average Bonchev–Trinajstić information content (AvgIpc) is 3.54. The Kier molecular flexibility index (Phi) is 6.09. The molecule has 3 aromatic heterocycles. The van der Waals surface area contributed by atoms with Gasteiger partial charge in [-0.25, -0.2) is 9.78 Å². The van der Waals surface area contributed by atoms with Crippen molar-refractivity contribution in [1.82, 2.24) is 19.9 Å². The lowest BCUT2D eigenvalue weighted by molar-refractivity contribution is 0.0224. The zero-order valence-electron chi connectivity index (χ0n) is 22.6. The number of ether oxygens (including phenoxy) is 1. The Balaban J connectivity index is 1.44. The van der Waals surface area contributed by atoms with Gasteiger partial charge in [0.05, 0.1) is 6.04 Å². The van der Waals surface area contributed by atoms with Crippen LogP contribution in [0, 0.1) is 6.92 Å². The Bertz CT molecular complexity index is 1490. The van der Waals surface area contributed by atoms with Crippen LogP contribution in [0.4, 0.5) is 10.5 Å². The van der Waals surface area contributed by atoms with Gasteiger partial charge in [-0.1, -0.05) is 6.07 Å². The van der Waals surface area contributed by atoms with E-state index in [1.165, 1.54) is 27.9 Å². The second kappa shape index (κ2) is 9.46. The third kappa shape index (κ3) is 4.62. The predicted molar refractivity (Wildman–Crippen MR) is 150 cm³/mol. The van der Waals surface area contributed by atoms with Gasteiger partial charge in [-0.3, -0.25) is 4.98 Å². The number of fused-ring (bicyclic) bond motifs is 2. The fourth-order valence-electron chi connectivity index (χ4n) is 5.86. The van der Waals surface area contributed by atoms with Gasteiger partial charge >= 0.3 is 6.09 Å². The molecule has 1 atom stereocenters. The Morgan fingerprint density at radius 3 is 2.71 bits per heavy atom. The smallest absolute Gasteiger partial charge is 0.410 e. The molecule has 2 aliphatic heterocycles. The summed E-state index contributed by atoms with van der Waals surface area (Å²) in [5.74, 6) is 0. The number of nitrogens with zero attached hydrogens (tertiary/aromatic N) is 4.